The van der Waals surface area contributed by atoms with Crippen LogP contribution in [0.2, 0.25) is 0 Å². The lowest BCUT2D eigenvalue weighted by Crippen LogP contribution is -2.37. The molecule has 1 aliphatic carbocycles. The minimum absolute atomic E-state index is 0.527. The summed E-state index contributed by atoms with van der Waals surface area (Å²) in [5.74, 6) is 2.01. The van der Waals surface area contributed by atoms with Crippen molar-refractivity contribution in [2.24, 2.45) is 11.3 Å². The quantitative estimate of drug-likeness (QED) is 0.822. The van der Waals surface area contributed by atoms with Crippen LogP contribution in [0, 0.1) is 11.3 Å². The third-order valence-corrected chi connectivity index (χ3v) is 5.13. The van der Waals surface area contributed by atoms with E-state index in [0.29, 0.717) is 5.41 Å². The normalized spacial score (nSPS) is 24.6. The first-order valence-corrected chi connectivity index (χ1v) is 7.87. The lowest BCUT2D eigenvalue weighted by molar-refractivity contribution is 0.137. The van der Waals surface area contributed by atoms with E-state index in [0.717, 1.165) is 30.7 Å². The van der Waals surface area contributed by atoms with Crippen molar-refractivity contribution in [2.75, 3.05) is 6.54 Å². The molecule has 0 atom stereocenters. The zero-order valence-electron chi connectivity index (χ0n) is 12.7. The Bertz CT molecular complexity index is 347. The molecular formula is C17H29NO. The first kappa shape index (κ1) is 14.6. The largest absolute Gasteiger partial charge is 0.469 e. The molecule has 0 saturated heterocycles. The molecule has 1 heterocycles. The predicted octanol–water partition coefficient (Wildman–Crippen LogP) is 4.41. The first-order valence-electron chi connectivity index (χ1n) is 7.87. The molecule has 0 unspecified atom stereocenters. The second-order valence-electron chi connectivity index (χ2n) is 6.67. The van der Waals surface area contributed by atoms with Gasteiger partial charge in [-0.2, -0.15) is 0 Å². The second kappa shape index (κ2) is 6.60. The van der Waals surface area contributed by atoms with Crippen molar-refractivity contribution in [3.8, 4) is 0 Å². The van der Waals surface area contributed by atoms with Crippen LogP contribution in [-0.4, -0.2) is 12.6 Å². The Labute approximate surface area is 118 Å². The van der Waals surface area contributed by atoms with Gasteiger partial charge in [0.1, 0.15) is 5.76 Å². The van der Waals surface area contributed by atoms with E-state index in [1.54, 1.807) is 6.26 Å². The summed E-state index contributed by atoms with van der Waals surface area (Å²) in [6.45, 7) is 8.23. The molecular weight excluding hydrogens is 234 g/mol. The van der Waals surface area contributed by atoms with Crippen LogP contribution >= 0.6 is 0 Å². The molecule has 2 rings (SSSR count). The van der Waals surface area contributed by atoms with Crippen molar-refractivity contribution in [2.45, 2.75) is 65.3 Å². The summed E-state index contributed by atoms with van der Waals surface area (Å²) in [4.78, 5) is 0. The lowest BCUT2D eigenvalue weighted by atomic mass is 9.69. The highest BCUT2D eigenvalue weighted by Gasteiger charge is 2.31. The van der Waals surface area contributed by atoms with Crippen LogP contribution in [0.4, 0.5) is 0 Å². The average molecular weight is 263 g/mol. The minimum Gasteiger partial charge on any atom is -0.469 e. The van der Waals surface area contributed by atoms with Crippen LogP contribution in [-0.2, 0) is 6.42 Å². The SMILES string of the molecule is CCC(C)(C)C1CCC(NCCc2ccco2)CC1. The minimum atomic E-state index is 0.527. The van der Waals surface area contributed by atoms with Gasteiger partial charge in [0.2, 0.25) is 0 Å². The smallest absolute Gasteiger partial charge is 0.105 e. The second-order valence-corrected chi connectivity index (χ2v) is 6.67. The number of rotatable bonds is 6. The molecule has 1 aliphatic rings. The Hall–Kier alpha value is -0.760. The van der Waals surface area contributed by atoms with Crippen molar-refractivity contribution in [3.63, 3.8) is 0 Å². The van der Waals surface area contributed by atoms with Crippen LogP contribution in [0.5, 0.6) is 0 Å². The molecule has 0 aromatic carbocycles. The van der Waals surface area contributed by atoms with E-state index in [1.807, 2.05) is 6.07 Å². The number of nitrogens with one attached hydrogen (secondary N) is 1. The van der Waals surface area contributed by atoms with Crippen LogP contribution < -0.4 is 5.32 Å². The molecule has 1 aromatic heterocycles. The molecule has 0 amide bonds. The van der Waals surface area contributed by atoms with E-state index in [1.165, 1.54) is 32.1 Å². The highest BCUT2D eigenvalue weighted by atomic mass is 16.3. The molecule has 1 aromatic rings. The zero-order chi connectivity index (χ0) is 13.7. The molecule has 1 fully saturated rings. The van der Waals surface area contributed by atoms with Crippen molar-refractivity contribution in [3.05, 3.63) is 24.2 Å². The summed E-state index contributed by atoms with van der Waals surface area (Å²) in [6, 6.07) is 4.74. The molecule has 0 spiro atoms. The van der Waals surface area contributed by atoms with Crippen molar-refractivity contribution in [1.29, 1.82) is 0 Å². The molecule has 1 saturated carbocycles. The van der Waals surface area contributed by atoms with Gasteiger partial charge in [0, 0.05) is 19.0 Å². The monoisotopic (exact) mass is 263 g/mol. The van der Waals surface area contributed by atoms with E-state index in [2.05, 4.69) is 32.2 Å². The summed E-state index contributed by atoms with van der Waals surface area (Å²) in [6.07, 6.45) is 9.52. The van der Waals surface area contributed by atoms with Crippen molar-refractivity contribution < 1.29 is 4.42 Å². The van der Waals surface area contributed by atoms with Crippen LogP contribution in [0.25, 0.3) is 0 Å². The fraction of sp³-hybridized carbons (Fsp3) is 0.765. The van der Waals surface area contributed by atoms with Gasteiger partial charge in [-0.15, -0.1) is 0 Å². The molecule has 1 N–H and O–H groups in total. The van der Waals surface area contributed by atoms with Gasteiger partial charge >= 0.3 is 0 Å². The van der Waals surface area contributed by atoms with E-state index in [-0.39, 0.29) is 0 Å². The van der Waals surface area contributed by atoms with Crippen molar-refractivity contribution >= 4 is 0 Å². The maximum atomic E-state index is 5.36. The maximum absolute atomic E-state index is 5.36. The van der Waals surface area contributed by atoms with Crippen LogP contribution in [0.1, 0.15) is 58.6 Å². The van der Waals surface area contributed by atoms with Gasteiger partial charge in [-0.1, -0.05) is 27.2 Å². The van der Waals surface area contributed by atoms with E-state index in [4.69, 9.17) is 4.42 Å². The van der Waals surface area contributed by atoms with Gasteiger partial charge in [-0.05, 0) is 49.1 Å². The fourth-order valence-electron chi connectivity index (χ4n) is 3.22. The zero-order valence-corrected chi connectivity index (χ0v) is 12.7. The Balaban J connectivity index is 1.66. The first-order chi connectivity index (χ1) is 9.12. The molecule has 0 aliphatic heterocycles. The summed E-state index contributed by atoms with van der Waals surface area (Å²) in [5.41, 5.74) is 0.527. The highest BCUT2D eigenvalue weighted by molar-refractivity contribution is 4.98. The Kier molecular flexibility index (Phi) is 5.09. The molecule has 108 valence electrons. The fourth-order valence-corrected chi connectivity index (χ4v) is 3.22. The Morgan fingerprint density at radius 1 is 1.26 bits per heavy atom. The van der Waals surface area contributed by atoms with Gasteiger partial charge < -0.3 is 9.73 Å². The van der Waals surface area contributed by atoms with Gasteiger partial charge in [0.25, 0.3) is 0 Å². The number of hydrogen-bond donors (Lipinski definition) is 1. The summed E-state index contributed by atoms with van der Waals surface area (Å²) in [7, 11) is 0. The van der Waals surface area contributed by atoms with E-state index < -0.39 is 0 Å². The van der Waals surface area contributed by atoms with E-state index >= 15 is 0 Å². The third-order valence-electron chi connectivity index (χ3n) is 5.13. The topological polar surface area (TPSA) is 25.2 Å². The molecule has 2 heteroatoms. The van der Waals surface area contributed by atoms with Gasteiger partial charge in [0.15, 0.2) is 0 Å². The van der Waals surface area contributed by atoms with Crippen LogP contribution in [0.15, 0.2) is 22.8 Å². The summed E-state index contributed by atoms with van der Waals surface area (Å²) >= 11 is 0. The highest BCUT2D eigenvalue weighted by Crippen LogP contribution is 2.40. The maximum Gasteiger partial charge on any atom is 0.105 e. The van der Waals surface area contributed by atoms with Gasteiger partial charge in [-0.3, -0.25) is 0 Å². The third kappa shape index (κ3) is 4.10. The number of furan rings is 1. The average Bonchev–Trinajstić information content (AvgIpc) is 2.92. The van der Waals surface area contributed by atoms with Gasteiger partial charge in [-0.25, -0.2) is 0 Å². The van der Waals surface area contributed by atoms with E-state index in [9.17, 15) is 0 Å². The Morgan fingerprint density at radius 2 is 2.00 bits per heavy atom. The Morgan fingerprint density at radius 3 is 2.58 bits per heavy atom. The standard InChI is InChI=1S/C17H29NO/c1-4-17(2,3)14-7-9-15(10-8-14)18-12-11-16-6-5-13-19-16/h5-6,13-15,18H,4,7-12H2,1-3H3. The lowest BCUT2D eigenvalue weighted by Gasteiger charge is -2.39. The predicted molar refractivity (Wildman–Crippen MR) is 80.2 cm³/mol. The summed E-state index contributed by atoms with van der Waals surface area (Å²) in [5, 5.41) is 3.69. The summed E-state index contributed by atoms with van der Waals surface area (Å²) < 4.78 is 5.36. The van der Waals surface area contributed by atoms with Crippen LogP contribution in [0.3, 0.4) is 0 Å². The molecule has 0 radical (unpaired) electrons. The van der Waals surface area contributed by atoms with Crippen molar-refractivity contribution in [1.82, 2.24) is 5.32 Å². The molecule has 0 bridgehead atoms. The van der Waals surface area contributed by atoms with Gasteiger partial charge in [0.05, 0.1) is 6.26 Å². The molecule has 19 heavy (non-hydrogen) atoms. The number of hydrogen-bond acceptors (Lipinski definition) is 2. The molecule has 2 nitrogen and oxygen atoms in total.